The van der Waals surface area contributed by atoms with Crippen molar-refractivity contribution in [3.63, 3.8) is 0 Å². The molecule has 0 aliphatic carbocycles. The van der Waals surface area contributed by atoms with Crippen LogP contribution in [0.1, 0.15) is 11.6 Å². The quantitative estimate of drug-likeness (QED) is 0.866. The molecule has 5 nitrogen and oxygen atoms in total. The van der Waals surface area contributed by atoms with Crippen molar-refractivity contribution in [2.45, 2.75) is 6.04 Å². The molecule has 0 fully saturated rings. The number of hydrogen-bond acceptors (Lipinski definition) is 2. The second-order valence-corrected chi connectivity index (χ2v) is 5.32. The van der Waals surface area contributed by atoms with Crippen molar-refractivity contribution in [2.75, 3.05) is 20.1 Å². The van der Waals surface area contributed by atoms with Gasteiger partial charge in [-0.3, -0.25) is 9.69 Å². The Morgan fingerprint density at radius 3 is 2.82 bits per heavy atom. The van der Waals surface area contributed by atoms with E-state index in [2.05, 4.69) is 11.9 Å². The summed E-state index contributed by atoms with van der Waals surface area (Å²) in [7, 11) is 1.66. The average molecular weight is 301 g/mol. The van der Waals surface area contributed by atoms with E-state index in [1.807, 2.05) is 0 Å². The first kappa shape index (κ1) is 14.3. The van der Waals surface area contributed by atoms with Gasteiger partial charge in [0.15, 0.2) is 0 Å². The summed E-state index contributed by atoms with van der Waals surface area (Å²) in [5.41, 5.74) is 1.34. The minimum absolute atomic E-state index is 0.197. The Bertz CT molecular complexity index is 698. The fraction of sp³-hybridized carbons (Fsp3) is 0.250. The highest BCUT2D eigenvalue weighted by Crippen LogP contribution is 2.36. The molecule has 3 rings (SSSR count). The molecule has 0 radical (unpaired) electrons. The molecule has 1 N–H and O–H groups in total. The standard InChI is InChI=1S/C16H16FN3O2/c1-3-8-20-12-9-19(2)15(21)13(12)14(18-16(20)22)10-6-4-5-7-11(10)17/h3-7,14H,1,8-9H2,2H3,(H,18,22). The molecule has 0 saturated heterocycles. The van der Waals surface area contributed by atoms with Gasteiger partial charge in [0, 0.05) is 19.2 Å². The molecule has 1 unspecified atom stereocenters. The van der Waals surface area contributed by atoms with E-state index in [-0.39, 0.29) is 11.9 Å². The number of halogens is 1. The summed E-state index contributed by atoms with van der Waals surface area (Å²) in [6, 6.07) is 5.05. The van der Waals surface area contributed by atoms with Crippen LogP contribution in [0.25, 0.3) is 0 Å². The fourth-order valence-corrected chi connectivity index (χ4v) is 2.89. The van der Waals surface area contributed by atoms with Crippen LogP contribution in [-0.2, 0) is 4.79 Å². The van der Waals surface area contributed by atoms with Crippen molar-refractivity contribution in [3.05, 3.63) is 59.6 Å². The van der Waals surface area contributed by atoms with Crippen LogP contribution in [0.3, 0.4) is 0 Å². The summed E-state index contributed by atoms with van der Waals surface area (Å²) in [6.45, 7) is 4.27. The average Bonchev–Trinajstić information content (AvgIpc) is 2.79. The Morgan fingerprint density at radius 1 is 1.41 bits per heavy atom. The number of carbonyl (C=O) groups is 2. The first-order chi connectivity index (χ1) is 10.5. The number of amides is 3. The number of carbonyl (C=O) groups excluding carboxylic acids is 2. The second kappa shape index (κ2) is 5.29. The van der Waals surface area contributed by atoms with Crippen LogP contribution in [0.2, 0.25) is 0 Å². The van der Waals surface area contributed by atoms with Crippen LogP contribution in [0.5, 0.6) is 0 Å². The summed E-state index contributed by atoms with van der Waals surface area (Å²) >= 11 is 0. The minimum atomic E-state index is -0.762. The molecule has 2 aliphatic heterocycles. The van der Waals surface area contributed by atoms with E-state index < -0.39 is 11.9 Å². The highest BCUT2D eigenvalue weighted by atomic mass is 19.1. The molecule has 6 heteroatoms. The third-order valence-corrected chi connectivity index (χ3v) is 3.93. The van der Waals surface area contributed by atoms with E-state index in [0.717, 1.165) is 0 Å². The summed E-state index contributed by atoms with van der Waals surface area (Å²) in [6.07, 6.45) is 1.59. The number of benzene rings is 1. The molecule has 1 aromatic rings. The number of urea groups is 1. The molecular formula is C16H16FN3O2. The topological polar surface area (TPSA) is 52.7 Å². The van der Waals surface area contributed by atoms with Crippen LogP contribution in [-0.4, -0.2) is 41.9 Å². The van der Waals surface area contributed by atoms with Crippen LogP contribution in [0.15, 0.2) is 48.2 Å². The maximum absolute atomic E-state index is 14.1. The first-order valence-corrected chi connectivity index (χ1v) is 6.96. The molecule has 0 spiro atoms. The van der Waals surface area contributed by atoms with Crippen molar-refractivity contribution in [1.29, 1.82) is 0 Å². The van der Waals surface area contributed by atoms with Gasteiger partial charge in [0.2, 0.25) is 0 Å². The molecule has 114 valence electrons. The van der Waals surface area contributed by atoms with Gasteiger partial charge in [0.1, 0.15) is 5.82 Å². The molecule has 2 aliphatic rings. The summed E-state index contributed by atoms with van der Waals surface area (Å²) in [5, 5.41) is 2.72. The molecule has 1 atom stereocenters. The normalized spacial score (nSPS) is 21.1. The van der Waals surface area contributed by atoms with Crippen molar-refractivity contribution < 1.29 is 14.0 Å². The van der Waals surface area contributed by atoms with Crippen LogP contribution in [0.4, 0.5) is 9.18 Å². The lowest BCUT2D eigenvalue weighted by atomic mass is 9.95. The fourth-order valence-electron chi connectivity index (χ4n) is 2.89. The molecule has 0 aromatic heterocycles. The largest absolute Gasteiger partial charge is 0.336 e. The Morgan fingerprint density at radius 2 is 2.14 bits per heavy atom. The zero-order valence-electron chi connectivity index (χ0n) is 12.2. The summed E-state index contributed by atoms with van der Waals surface area (Å²) in [4.78, 5) is 27.7. The molecule has 3 amide bonds. The van der Waals surface area contributed by atoms with Gasteiger partial charge in [-0.2, -0.15) is 0 Å². The molecule has 0 bridgehead atoms. The van der Waals surface area contributed by atoms with Crippen LogP contribution >= 0.6 is 0 Å². The summed E-state index contributed by atoms with van der Waals surface area (Å²) in [5.74, 6) is -0.642. The van der Waals surface area contributed by atoms with Crippen molar-refractivity contribution in [1.82, 2.24) is 15.1 Å². The van der Waals surface area contributed by atoms with Crippen LogP contribution < -0.4 is 5.32 Å². The Hall–Kier alpha value is -2.63. The highest BCUT2D eigenvalue weighted by molar-refractivity contribution is 6.01. The minimum Gasteiger partial charge on any atom is -0.336 e. The number of nitrogens with zero attached hydrogens (tertiary/aromatic N) is 2. The van der Waals surface area contributed by atoms with Gasteiger partial charge >= 0.3 is 6.03 Å². The SMILES string of the molecule is C=CCN1C(=O)NC(c2ccccc2F)C2=C1CN(C)C2=O. The number of hydrogen-bond donors (Lipinski definition) is 1. The van der Waals surface area contributed by atoms with E-state index in [1.165, 1.54) is 15.9 Å². The number of likely N-dealkylation sites (N-methyl/N-ethyl adjacent to an activating group) is 1. The Labute approximate surface area is 127 Å². The maximum Gasteiger partial charge on any atom is 0.322 e. The monoisotopic (exact) mass is 301 g/mol. The Kier molecular flexibility index (Phi) is 3.44. The smallest absolute Gasteiger partial charge is 0.322 e. The molecular weight excluding hydrogens is 285 g/mol. The van der Waals surface area contributed by atoms with Crippen molar-refractivity contribution >= 4 is 11.9 Å². The van der Waals surface area contributed by atoms with Crippen LogP contribution in [0, 0.1) is 5.82 Å². The zero-order valence-corrected chi connectivity index (χ0v) is 12.2. The van der Waals surface area contributed by atoms with E-state index in [1.54, 1.807) is 31.3 Å². The summed E-state index contributed by atoms with van der Waals surface area (Å²) < 4.78 is 14.1. The zero-order chi connectivity index (χ0) is 15.9. The lowest BCUT2D eigenvalue weighted by Crippen LogP contribution is -2.47. The molecule has 0 saturated carbocycles. The molecule has 1 aromatic carbocycles. The van der Waals surface area contributed by atoms with Gasteiger partial charge in [-0.25, -0.2) is 9.18 Å². The third-order valence-electron chi connectivity index (χ3n) is 3.93. The predicted molar refractivity (Wildman–Crippen MR) is 79.2 cm³/mol. The molecule has 22 heavy (non-hydrogen) atoms. The molecule has 2 heterocycles. The lowest BCUT2D eigenvalue weighted by molar-refractivity contribution is -0.124. The predicted octanol–water partition coefficient (Wildman–Crippen LogP) is 1.80. The maximum atomic E-state index is 14.1. The third kappa shape index (κ3) is 2.07. The van der Waals surface area contributed by atoms with Gasteiger partial charge < -0.3 is 10.2 Å². The second-order valence-electron chi connectivity index (χ2n) is 5.32. The van der Waals surface area contributed by atoms with Gasteiger partial charge in [0.05, 0.1) is 23.9 Å². The van der Waals surface area contributed by atoms with Crippen molar-refractivity contribution in [3.8, 4) is 0 Å². The van der Waals surface area contributed by atoms with Gasteiger partial charge in [-0.15, -0.1) is 6.58 Å². The van der Waals surface area contributed by atoms with E-state index >= 15 is 0 Å². The van der Waals surface area contributed by atoms with Gasteiger partial charge in [-0.05, 0) is 6.07 Å². The van der Waals surface area contributed by atoms with Gasteiger partial charge in [0.25, 0.3) is 5.91 Å². The van der Waals surface area contributed by atoms with E-state index in [9.17, 15) is 14.0 Å². The number of nitrogens with one attached hydrogen (secondary N) is 1. The number of rotatable bonds is 3. The Balaban J connectivity index is 2.13. The highest BCUT2D eigenvalue weighted by Gasteiger charge is 2.43. The van der Waals surface area contributed by atoms with Crippen molar-refractivity contribution in [2.24, 2.45) is 0 Å². The lowest BCUT2D eigenvalue weighted by Gasteiger charge is -2.33. The van der Waals surface area contributed by atoms with E-state index in [0.29, 0.717) is 29.9 Å². The van der Waals surface area contributed by atoms with Gasteiger partial charge in [-0.1, -0.05) is 24.3 Å². The first-order valence-electron chi connectivity index (χ1n) is 6.96. The van der Waals surface area contributed by atoms with E-state index in [4.69, 9.17) is 0 Å².